The Labute approximate surface area is 274 Å². The summed E-state index contributed by atoms with van der Waals surface area (Å²) < 4.78 is 5.80. The maximum Gasteiger partial charge on any atom is 0.255 e. The Bertz CT molecular complexity index is 1750. The van der Waals surface area contributed by atoms with Crippen LogP contribution in [-0.2, 0) is 28.0 Å². The van der Waals surface area contributed by atoms with Crippen LogP contribution in [0.25, 0.3) is 11.1 Å². The number of carbonyl (C=O) groups excluding carboxylic acids is 3. The van der Waals surface area contributed by atoms with Crippen LogP contribution in [0, 0.1) is 11.8 Å². The van der Waals surface area contributed by atoms with Crippen LogP contribution in [0.5, 0.6) is 11.5 Å². The number of primary amides is 1. The number of carbonyl (C=O) groups is 3. The zero-order chi connectivity index (χ0) is 34.9. The van der Waals surface area contributed by atoms with Gasteiger partial charge in [-0.25, -0.2) is 0 Å². The molecular formula is C36H45N3O8. The van der Waals surface area contributed by atoms with Crippen molar-refractivity contribution in [1.82, 2.24) is 9.80 Å². The van der Waals surface area contributed by atoms with Gasteiger partial charge in [-0.15, -0.1) is 0 Å². The molecule has 0 fully saturated rings. The van der Waals surface area contributed by atoms with E-state index in [4.69, 9.17) is 10.5 Å². The lowest BCUT2D eigenvalue weighted by molar-refractivity contribution is -0.148. The molecule has 0 spiro atoms. The first-order valence-corrected chi connectivity index (χ1v) is 15.8. The van der Waals surface area contributed by atoms with Crippen LogP contribution in [0.4, 0.5) is 0 Å². The fourth-order valence-electron chi connectivity index (χ4n) is 7.69. The maximum absolute atomic E-state index is 14.6. The average molecular weight is 648 g/mol. The highest BCUT2D eigenvalue weighted by atomic mass is 16.5. The number of aromatic hydroxyl groups is 1. The number of likely N-dealkylation sites (N-methyl/N-ethyl adjacent to an activating group) is 1. The minimum Gasteiger partial charge on any atom is -0.510 e. The number of fused-ring (bicyclic) bond motifs is 3. The second kappa shape index (κ2) is 11.8. The molecule has 0 unspecified atom stereocenters. The third-order valence-corrected chi connectivity index (χ3v) is 10.4. The van der Waals surface area contributed by atoms with Gasteiger partial charge in [0.25, 0.3) is 5.91 Å². The summed E-state index contributed by atoms with van der Waals surface area (Å²) in [7, 11) is 8.71. The molecule has 4 atom stereocenters. The number of phenolic OH excluding ortho intramolecular Hbond substituents is 1. The molecular weight excluding hydrogens is 602 g/mol. The number of allylic oxidation sites excluding steroid dienone is 1. The van der Waals surface area contributed by atoms with E-state index >= 15 is 0 Å². The molecule has 0 saturated heterocycles. The third-order valence-electron chi connectivity index (χ3n) is 10.4. The van der Waals surface area contributed by atoms with E-state index in [1.165, 1.54) is 4.90 Å². The maximum atomic E-state index is 14.6. The quantitative estimate of drug-likeness (QED) is 0.267. The minimum atomic E-state index is -2.70. The summed E-state index contributed by atoms with van der Waals surface area (Å²) in [6.45, 7) is 6.56. The first kappa shape index (κ1) is 34.2. The van der Waals surface area contributed by atoms with Crippen LogP contribution < -0.4 is 10.5 Å². The van der Waals surface area contributed by atoms with Gasteiger partial charge in [0.1, 0.15) is 28.6 Å². The molecule has 5 rings (SSSR count). The number of ketones is 2. The monoisotopic (exact) mass is 647 g/mol. The molecule has 0 aromatic heterocycles. The highest BCUT2D eigenvalue weighted by molar-refractivity contribution is 6.25. The van der Waals surface area contributed by atoms with E-state index < -0.39 is 63.5 Å². The van der Waals surface area contributed by atoms with Crippen molar-refractivity contribution in [3.8, 4) is 22.6 Å². The van der Waals surface area contributed by atoms with Crippen LogP contribution in [-0.4, -0.2) is 94.6 Å². The Balaban J connectivity index is 1.82. The van der Waals surface area contributed by atoms with Crippen LogP contribution in [0.3, 0.4) is 0 Å². The van der Waals surface area contributed by atoms with Gasteiger partial charge in [0.2, 0.25) is 5.78 Å². The second-order valence-corrected chi connectivity index (χ2v) is 14.1. The number of rotatable bonds is 8. The third kappa shape index (κ3) is 5.12. The molecule has 1 amide bonds. The summed E-state index contributed by atoms with van der Waals surface area (Å²) in [5, 5.41) is 46.7. The van der Waals surface area contributed by atoms with Gasteiger partial charge < -0.3 is 35.8 Å². The standard InChI is InChI=1S/C36H45N3O8/c1-9-35(2,3)23-15-19(20-12-17(16-38(4)5)10-11-24(20)47-8)21-13-18-14-22-28(39(6)7)31(42)27(34(37)45)33(44)36(22,46)32(43)25(18)30(41)26(21)29(23)40/h10-12,15,18,22,28,40,42-43,46H,9,13-14,16H2,1-8H3,(H2,37,45)/t18-,22-,28-,36-/m0/s1. The highest BCUT2D eigenvalue weighted by Crippen LogP contribution is 2.55. The normalized spacial score (nSPS) is 24.4. The molecule has 11 heteroatoms. The first-order chi connectivity index (χ1) is 21.9. The summed E-state index contributed by atoms with van der Waals surface area (Å²) in [5.74, 6) is -6.18. The van der Waals surface area contributed by atoms with Gasteiger partial charge >= 0.3 is 0 Å². The number of methoxy groups -OCH3 is 1. The fraction of sp³-hybridized carbons (Fsp3) is 0.472. The molecule has 0 heterocycles. The summed E-state index contributed by atoms with van der Waals surface area (Å²) >= 11 is 0. The number of aliphatic hydroxyl groups is 3. The molecule has 2 aromatic rings. The predicted molar refractivity (Wildman–Crippen MR) is 176 cm³/mol. The SMILES string of the molecule is CCC(C)(C)c1cc(-c2cc(CN(C)C)ccc2OC)c2c(c1O)C(=O)C1=C(O)[C@]3(O)C(=O)C(C(N)=O)=C(O)[C@@H](N(C)C)[C@@H]3C[C@@H]1C2. The van der Waals surface area contributed by atoms with Gasteiger partial charge in [0.05, 0.1) is 18.7 Å². The Morgan fingerprint density at radius 2 is 1.74 bits per heavy atom. The van der Waals surface area contributed by atoms with E-state index in [1.54, 1.807) is 21.2 Å². The number of phenols is 1. The zero-order valence-corrected chi connectivity index (χ0v) is 28.3. The van der Waals surface area contributed by atoms with Gasteiger partial charge in [-0.3, -0.25) is 19.3 Å². The number of ether oxygens (including phenoxy) is 1. The van der Waals surface area contributed by atoms with Gasteiger partial charge in [-0.1, -0.05) is 26.8 Å². The topological polar surface area (TPSA) is 174 Å². The summed E-state index contributed by atoms with van der Waals surface area (Å²) in [6, 6.07) is 6.71. The Morgan fingerprint density at radius 1 is 1.09 bits per heavy atom. The van der Waals surface area contributed by atoms with Crippen molar-refractivity contribution in [3.63, 3.8) is 0 Å². The lowest BCUT2D eigenvalue weighted by Crippen LogP contribution is -2.63. The van der Waals surface area contributed by atoms with E-state index in [0.717, 1.165) is 11.1 Å². The molecule has 0 saturated carbocycles. The predicted octanol–water partition coefficient (Wildman–Crippen LogP) is 3.55. The van der Waals surface area contributed by atoms with E-state index in [0.29, 0.717) is 35.4 Å². The number of hydrogen-bond donors (Lipinski definition) is 5. The summed E-state index contributed by atoms with van der Waals surface area (Å²) in [6.07, 6.45) is 0.812. The Kier molecular flexibility index (Phi) is 8.58. The second-order valence-electron chi connectivity index (χ2n) is 14.1. The van der Waals surface area contributed by atoms with Crippen molar-refractivity contribution in [2.24, 2.45) is 17.6 Å². The number of benzene rings is 2. The van der Waals surface area contributed by atoms with Crippen molar-refractivity contribution in [2.75, 3.05) is 35.3 Å². The lowest BCUT2D eigenvalue weighted by atomic mass is 9.58. The first-order valence-electron chi connectivity index (χ1n) is 15.8. The Hall–Kier alpha value is -4.19. The number of amides is 1. The van der Waals surface area contributed by atoms with Crippen LogP contribution in [0.1, 0.15) is 60.7 Å². The number of nitrogens with zero attached hydrogens (tertiary/aromatic N) is 2. The molecule has 6 N–H and O–H groups in total. The van der Waals surface area contributed by atoms with Crippen molar-refractivity contribution in [1.29, 1.82) is 0 Å². The number of Topliss-reactive ketones (excluding diaryl/α,β-unsaturated/α-hetero) is 2. The van der Waals surface area contributed by atoms with Gasteiger partial charge in [0.15, 0.2) is 11.4 Å². The minimum absolute atomic E-state index is 0.00592. The van der Waals surface area contributed by atoms with E-state index in [9.17, 15) is 34.8 Å². The molecule has 47 heavy (non-hydrogen) atoms. The molecule has 0 radical (unpaired) electrons. The average Bonchev–Trinajstić information content (AvgIpc) is 2.98. The molecule has 252 valence electrons. The molecule has 3 aliphatic rings. The van der Waals surface area contributed by atoms with E-state index in [-0.39, 0.29) is 29.7 Å². The zero-order valence-electron chi connectivity index (χ0n) is 28.3. The molecule has 3 aliphatic carbocycles. The summed E-state index contributed by atoms with van der Waals surface area (Å²) in [4.78, 5) is 44.2. The summed E-state index contributed by atoms with van der Waals surface area (Å²) in [5.41, 5.74) is 4.68. The molecule has 11 nitrogen and oxygen atoms in total. The van der Waals surface area contributed by atoms with Crippen LogP contribution in [0.15, 0.2) is 46.9 Å². The molecule has 0 bridgehead atoms. The van der Waals surface area contributed by atoms with Gasteiger partial charge in [-0.05, 0) is 93.7 Å². The largest absolute Gasteiger partial charge is 0.510 e. The van der Waals surface area contributed by atoms with Crippen molar-refractivity contribution >= 4 is 17.5 Å². The highest BCUT2D eigenvalue weighted by Gasteiger charge is 2.63. The number of aliphatic hydroxyl groups excluding tert-OH is 2. The van der Waals surface area contributed by atoms with E-state index in [1.807, 2.05) is 64.0 Å². The van der Waals surface area contributed by atoms with E-state index in [2.05, 4.69) is 0 Å². The fourth-order valence-corrected chi connectivity index (χ4v) is 7.69. The molecule has 2 aromatic carbocycles. The number of nitrogens with two attached hydrogens (primary N) is 1. The van der Waals surface area contributed by atoms with Crippen LogP contribution in [0.2, 0.25) is 0 Å². The van der Waals surface area contributed by atoms with Gasteiger partial charge in [0, 0.05) is 29.2 Å². The van der Waals surface area contributed by atoms with Crippen molar-refractivity contribution in [3.05, 3.63) is 69.2 Å². The van der Waals surface area contributed by atoms with Crippen molar-refractivity contribution in [2.45, 2.75) is 63.6 Å². The Morgan fingerprint density at radius 3 is 2.30 bits per heavy atom. The van der Waals surface area contributed by atoms with Gasteiger partial charge in [-0.2, -0.15) is 0 Å². The molecule has 0 aliphatic heterocycles. The van der Waals surface area contributed by atoms with Crippen molar-refractivity contribution < 1.29 is 39.5 Å². The van der Waals surface area contributed by atoms with Crippen LogP contribution >= 0.6 is 0 Å². The lowest BCUT2D eigenvalue weighted by Gasteiger charge is -2.50. The number of hydrogen-bond acceptors (Lipinski definition) is 10. The smallest absolute Gasteiger partial charge is 0.255 e.